The minimum absolute atomic E-state index is 0.0723. The van der Waals surface area contributed by atoms with Crippen LogP contribution in [0.2, 0.25) is 0 Å². The van der Waals surface area contributed by atoms with Crippen molar-refractivity contribution in [3.8, 4) is 6.07 Å². The molecule has 106 valence electrons. The predicted molar refractivity (Wildman–Crippen MR) is 77.6 cm³/mol. The first kappa shape index (κ1) is 14.5. The van der Waals surface area contributed by atoms with Gasteiger partial charge in [0.15, 0.2) is 4.96 Å². The highest BCUT2D eigenvalue weighted by atomic mass is 32.1. The number of nitrogens with one attached hydrogen (secondary N) is 2. The lowest BCUT2D eigenvalue weighted by Crippen LogP contribution is -2.32. The van der Waals surface area contributed by atoms with Crippen LogP contribution in [0.1, 0.15) is 30.0 Å². The van der Waals surface area contributed by atoms with Crippen LogP contribution in [-0.4, -0.2) is 28.4 Å². The molecule has 0 aromatic carbocycles. The van der Waals surface area contributed by atoms with Crippen molar-refractivity contribution in [1.29, 1.82) is 5.26 Å². The first-order chi connectivity index (χ1) is 9.54. The number of imidazole rings is 1. The Morgan fingerprint density at radius 3 is 2.95 bits per heavy atom. The molecule has 7 heteroatoms. The van der Waals surface area contributed by atoms with Gasteiger partial charge in [0, 0.05) is 31.1 Å². The van der Waals surface area contributed by atoms with E-state index < -0.39 is 6.04 Å². The van der Waals surface area contributed by atoms with Gasteiger partial charge >= 0.3 is 0 Å². The fourth-order valence-corrected chi connectivity index (χ4v) is 3.04. The van der Waals surface area contributed by atoms with Crippen molar-refractivity contribution < 1.29 is 4.79 Å². The number of amides is 1. The number of thiazole rings is 1. The highest BCUT2D eigenvalue weighted by Gasteiger charge is 2.20. The number of carbonyl (C=O) groups excluding carboxylic acids is 1. The summed E-state index contributed by atoms with van der Waals surface area (Å²) in [5.74, 6) is -0.0723. The first-order valence-corrected chi connectivity index (χ1v) is 7.23. The molecule has 1 amide bonds. The Morgan fingerprint density at radius 1 is 1.55 bits per heavy atom. The maximum atomic E-state index is 10.8. The molecule has 0 saturated carbocycles. The fourth-order valence-electron chi connectivity index (χ4n) is 2.12. The summed E-state index contributed by atoms with van der Waals surface area (Å²) in [6, 6.07) is 1.82. The third-order valence-corrected chi connectivity index (χ3v) is 3.95. The number of hydrogen-bond donors (Lipinski definition) is 2. The first-order valence-electron chi connectivity index (χ1n) is 6.35. The largest absolute Gasteiger partial charge is 0.355 e. The van der Waals surface area contributed by atoms with Crippen LogP contribution in [0.3, 0.4) is 0 Å². The molecule has 0 radical (unpaired) electrons. The summed E-state index contributed by atoms with van der Waals surface area (Å²) < 4.78 is 2.01. The lowest BCUT2D eigenvalue weighted by atomic mass is 10.2. The van der Waals surface area contributed by atoms with E-state index in [0.717, 1.165) is 22.0 Å². The zero-order chi connectivity index (χ0) is 14.7. The molecular weight excluding hydrogens is 274 g/mol. The molecule has 2 heterocycles. The van der Waals surface area contributed by atoms with Gasteiger partial charge in [-0.1, -0.05) is 0 Å². The maximum absolute atomic E-state index is 10.8. The van der Waals surface area contributed by atoms with Crippen molar-refractivity contribution in [1.82, 2.24) is 20.0 Å². The predicted octanol–water partition coefficient (Wildman–Crippen LogP) is 1.30. The second kappa shape index (κ2) is 6.03. The monoisotopic (exact) mass is 291 g/mol. The lowest BCUT2D eigenvalue weighted by Gasteiger charge is -2.12. The maximum Gasteiger partial charge on any atom is 0.216 e. The SMILES string of the molecule is CC(=O)NCCNC(C#N)c1c(C)nc2scc(C)n12. The topological polar surface area (TPSA) is 82.2 Å². The van der Waals surface area contributed by atoms with Crippen LogP contribution in [-0.2, 0) is 4.79 Å². The summed E-state index contributed by atoms with van der Waals surface area (Å²) >= 11 is 1.57. The molecule has 0 saturated heterocycles. The average Bonchev–Trinajstić information content (AvgIpc) is 2.90. The Labute approximate surface area is 121 Å². The number of aromatic nitrogens is 2. The second-order valence-electron chi connectivity index (χ2n) is 4.58. The van der Waals surface area contributed by atoms with Gasteiger partial charge in [-0.3, -0.25) is 14.5 Å². The van der Waals surface area contributed by atoms with Crippen molar-refractivity contribution in [2.75, 3.05) is 13.1 Å². The number of aryl methyl sites for hydroxylation is 2. The van der Waals surface area contributed by atoms with Gasteiger partial charge in [-0.15, -0.1) is 11.3 Å². The average molecular weight is 291 g/mol. The number of nitrogens with zero attached hydrogens (tertiary/aromatic N) is 3. The van der Waals surface area contributed by atoms with Crippen molar-refractivity contribution in [2.45, 2.75) is 26.8 Å². The quantitative estimate of drug-likeness (QED) is 0.814. The Bertz CT molecular complexity index is 666. The molecule has 2 aromatic rings. The Morgan fingerprint density at radius 2 is 2.30 bits per heavy atom. The zero-order valence-electron chi connectivity index (χ0n) is 11.7. The molecule has 0 aliphatic heterocycles. The molecule has 0 fully saturated rings. The van der Waals surface area contributed by atoms with Crippen molar-refractivity contribution in [2.24, 2.45) is 0 Å². The van der Waals surface area contributed by atoms with Crippen molar-refractivity contribution in [3.63, 3.8) is 0 Å². The summed E-state index contributed by atoms with van der Waals surface area (Å²) in [7, 11) is 0. The standard InChI is InChI=1S/C13H17N5OS/c1-8-7-20-13-17-9(2)12(18(8)13)11(6-14)16-5-4-15-10(3)19/h7,11,16H,4-5H2,1-3H3,(H,15,19). The number of nitriles is 1. The zero-order valence-corrected chi connectivity index (χ0v) is 12.5. The van der Waals surface area contributed by atoms with Crippen LogP contribution < -0.4 is 10.6 Å². The molecule has 2 N–H and O–H groups in total. The Kier molecular flexibility index (Phi) is 4.37. The van der Waals surface area contributed by atoms with Crippen molar-refractivity contribution in [3.05, 3.63) is 22.5 Å². The lowest BCUT2D eigenvalue weighted by molar-refractivity contribution is -0.118. The summed E-state index contributed by atoms with van der Waals surface area (Å²) in [6.45, 7) is 6.42. The van der Waals surface area contributed by atoms with Gasteiger partial charge in [0.25, 0.3) is 0 Å². The van der Waals surface area contributed by atoms with Gasteiger partial charge in [0.2, 0.25) is 5.91 Å². The van der Waals surface area contributed by atoms with E-state index in [1.165, 1.54) is 6.92 Å². The van der Waals surface area contributed by atoms with Crippen LogP contribution in [0, 0.1) is 25.2 Å². The molecule has 0 spiro atoms. The van der Waals surface area contributed by atoms with Gasteiger partial charge in [-0.25, -0.2) is 4.98 Å². The highest BCUT2D eigenvalue weighted by molar-refractivity contribution is 7.15. The molecule has 6 nitrogen and oxygen atoms in total. The van der Waals surface area contributed by atoms with Gasteiger partial charge in [-0.05, 0) is 13.8 Å². The van der Waals surface area contributed by atoms with Crippen LogP contribution in [0.5, 0.6) is 0 Å². The minimum atomic E-state index is -0.438. The van der Waals surface area contributed by atoms with Crippen LogP contribution in [0.25, 0.3) is 4.96 Å². The summed E-state index contributed by atoms with van der Waals surface area (Å²) in [6.07, 6.45) is 0. The number of rotatable bonds is 5. The van der Waals surface area contributed by atoms with E-state index in [9.17, 15) is 10.1 Å². The van der Waals surface area contributed by atoms with Gasteiger partial charge in [0.1, 0.15) is 6.04 Å². The van der Waals surface area contributed by atoms with E-state index in [1.807, 2.05) is 23.6 Å². The third-order valence-electron chi connectivity index (χ3n) is 3.00. The normalized spacial score (nSPS) is 12.3. The molecule has 0 aliphatic carbocycles. The molecule has 20 heavy (non-hydrogen) atoms. The number of carbonyl (C=O) groups is 1. The molecular formula is C13H17N5OS. The van der Waals surface area contributed by atoms with Crippen LogP contribution in [0.15, 0.2) is 5.38 Å². The van der Waals surface area contributed by atoms with Crippen LogP contribution >= 0.6 is 11.3 Å². The molecule has 0 aliphatic rings. The molecule has 0 bridgehead atoms. The highest BCUT2D eigenvalue weighted by Crippen LogP contribution is 2.24. The van der Waals surface area contributed by atoms with E-state index in [4.69, 9.17) is 0 Å². The van der Waals surface area contributed by atoms with E-state index in [-0.39, 0.29) is 5.91 Å². The number of hydrogen-bond acceptors (Lipinski definition) is 5. The summed E-state index contributed by atoms with van der Waals surface area (Å²) in [5.41, 5.74) is 2.81. The van der Waals surface area contributed by atoms with Gasteiger partial charge in [0.05, 0.1) is 17.5 Å². The third kappa shape index (κ3) is 2.81. The number of fused-ring (bicyclic) bond motifs is 1. The molecule has 1 atom stereocenters. The van der Waals surface area contributed by atoms with Gasteiger partial charge in [-0.2, -0.15) is 5.26 Å². The van der Waals surface area contributed by atoms with Crippen molar-refractivity contribution >= 4 is 22.2 Å². The molecule has 1 unspecified atom stereocenters. The van der Waals surface area contributed by atoms with Crippen LogP contribution in [0.4, 0.5) is 0 Å². The van der Waals surface area contributed by atoms with E-state index in [0.29, 0.717) is 13.1 Å². The van der Waals surface area contributed by atoms with E-state index in [2.05, 4.69) is 21.7 Å². The fraction of sp³-hybridized carbons (Fsp3) is 0.462. The molecule has 2 rings (SSSR count). The minimum Gasteiger partial charge on any atom is -0.355 e. The molecule has 2 aromatic heterocycles. The van der Waals surface area contributed by atoms with Gasteiger partial charge < -0.3 is 5.32 Å². The Hall–Kier alpha value is -1.91. The van der Waals surface area contributed by atoms with E-state index in [1.54, 1.807) is 11.3 Å². The summed E-state index contributed by atoms with van der Waals surface area (Å²) in [4.78, 5) is 16.2. The summed E-state index contributed by atoms with van der Waals surface area (Å²) in [5, 5.41) is 17.2. The Balaban J connectivity index is 2.17. The second-order valence-corrected chi connectivity index (χ2v) is 5.41. The smallest absolute Gasteiger partial charge is 0.216 e. The van der Waals surface area contributed by atoms with E-state index >= 15 is 0 Å².